The Balaban J connectivity index is 1.90. The Bertz CT molecular complexity index is 784. The van der Waals surface area contributed by atoms with Crippen molar-refractivity contribution in [1.82, 2.24) is 4.98 Å². The fourth-order valence-electron chi connectivity index (χ4n) is 2.18. The summed E-state index contributed by atoms with van der Waals surface area (Å²) in [6.07, 6.45) is 2.49. The molecule has 21 heavy (non-hydrogen) atoms. The molecule has 0 amide bonds. The molecule has 0 spiro atoms. The average Bonchev–Trinajstić information content (AvgIpc) is 2.53. The van der Waals surface area contributed by atoms with Crippen LogP contribution in [-0.2, 0) is 6.61 Å². The lowest BCUT2D eigenvalue weighted by Crippen LogP contribution is -1.99. The van der Waals surface area contributed by atoms with E-state index < -0.39 is 0 Å². The summed E-state index contributed by atoms with van der Waals surface area (Å²) in [7, 11) is 0. The summed E-state index contributed by atoms with van der Waals surface area (Å²) in [4.78, 5) is 15.4. The highest BCUT2D eigenvalue weighted by Gasteiger charge is 2.08. The number of halogens is 1. The second-order valence-corrected chi connectivity index (χ2v) is 4.98. The summed E-state index contributed by atoms with van der Waals surface area (Å²) >= 11 is 5.74. The summed E-state index contributed by atoms with van der Waals surface area (Å²) in [6, 6.07) is 15.0. The van der Waals surface area contributed by atoms with Gasteiger partial charge in [0, 0.05) is 11.8 Å². The zero-order valence-electron chi connectivity index (χ0n) is 11.1. The maximum atomic E-state index is 11.4. The van der Waals surface area contributed by atoms with Gasteiger partial charge in [0.25, 0.3) is 0 Å². The van der Waals surface area contributed by atoms with Gasteiger partial charge in [-0.25, -0.2) is 4.98 Å². The zero-order valence-corrected chi connectivity index (χ0v) is 11.9. The number of aromatic nitrogens is 1. The Morgan fingerprint density at radius 1 is 1.10 bits per heavy atom. The summed E-state index contributed by atoms with van der Waals surface area (Å²) in [6.45, 7) is 0.337. The quantitative estimate of drug-likeness (QED) is 0.533. The third-order valence-corrected chi connectivity index (χ3v) is 3.46. The van der Waals surface area contributed by atoms with Crippen molar-refractivity contribution in [1.29, 1.82) is 0 Å². The van der Waals surface area contributed by atoms with Crippen LogP contribution >= 0.6 is 11.6 Å². The predicted octanol–water partition coefficient (Wildman–Crippen LogP) is 4.28. The SMILES string of the molecule is O=Cc1c(OCc2ccc(Cl)nc2)ccc2ccccc12. The van der Waals surface area contributed by atoms with E-state index in [4.69, 9.17) is 16.3 Å². The Labute approximate surface area is 127 Å². The Morgan fingerprint density at radius 2 is 1.95 bits per heavy atom. The van der Waals surface area contributed by atoms with Crippen molar-refractivity contribution < 1.29 is 9.53 Å². The van der Waals surface area contributed by atoms with Gasteiger partial charge in [-0.2, -0.15) is 0 Å². The predicted molar refractivity (Wildman–Crippen MR) is 82.9 cm³/mol. The molecule has 0 unspecified atom stereocenters. The molecule has 0 fully saturated rings. The standard InChI is InChI=1S/C17H12ClNO2/c18-17-8-5-12(9-19-17)11-21-16-7-6-13-3-1-2-4-14(13)15(16)10-20/h1-10H,11H2. The van der Waals surface area contributed by atoms with Crippen LogP contribution in [0.25, 0.3) is 10.8 Å². The monoisotopic (exact) mass is 297 g/mol. The van der Waals surface area contributed by atoms with Gasteiger partial charge in [0.15, 0.2) is 6.29 Å². The molecule has 0 aliphatic rings. The van der Waals surface area contributed by atoms with Gasteiger partial charge in [-0.05, 0) is 22.9 Å². The molecule has 3 nitrogen and oxygen atoms in total. The lowest BCUT2D eigenvalue weighted by molar-refractivity contribution is 0.112. The van der Waals surface area contributed by atoms with E-state index in [0.717, 1.165) is 22.6 Å². The number of fused-ring (bicyclic) bond motifs is 1. The number of carbonyl (C=O) groups is 1. The first-order valence-electron chi connectivity index (χ1n) is 6.48. The number of aldehydes is 1. The highest BCUT2D eigenvalue weighted by Crippen LogP contribution is 2.27. The zero-order chi connectivity index (χ0) is 14.7. The molecule has 0 aliphatic carbocycles. The van der Waals surface area contributed by atoms with Crippen molar-refractivity contribution in [2.24, 2.45) is 0 Å². The molecule has 104 valence electrons. The van der Waals surface area contributed by atoms with Gasteiger partial charge in [0.2, 0.25) is 0 Å². The van der Waals surface area contributed by atoms with E-state index in [0.29, 0.717) is 23.1 Å². The van der Waals surface area contributed by atoms with E-state index in [1.807, 2.05) is 42.5 Å². The third-order valence-electron chi connectivity index (χ3n) is 3.23. The fourth-order valence-corrected chi connectivity index (χ4v) is 2.29. The van der Waals surface area contributed by atoms with Crippen LogP contribution in [-0.4, -0.2) is 11.3 Å². The smallest absolute Gasteiger partial charge is 0.154 e. The number of benzene rings is 2. The van der Waals surface area contributed by atoms with Gasteiger partial charge in [-0.1, -0.05) is 48.0 Å². The van der Waals surface area contributed by atoms with Crippen LogP contribution in [0, 0.1) is 0 Å². The minimum atomic E-state index is 0.337. The fraction of sp³-hybridized carbons (Fsp3) is 0.0588. The molecule has 0 saturated heterocycles. The molecule has 0 saturated carbocycles. The first-order chi connectivity index (χ1) is 10.3. The number of hydrogen-bond acceptors (Lipinski definition) is 3. The number of rotatable bonds is 4. The Kier molecular flexibility index (Phi) is 3.84. The average molecular weight is 298 g/mol. The van der Waals surface area contributed by atoms with E-state index in [9.17, 15) is 4.79 Å². The second kappa shape index (κ2) is 5.94. The minimum Gasteiger partial charge on any atom is -0.488 e. The molecule has 1 heterocycles. The maximum Gasteiger partial charge on any atom is 0.154 e. The van der Waals surface area contributed by atoms with Crippen molar-refractivity contribution in [2.45, 2.75) is 6.61 Å². The van der Waals surface area contributed by atoms with Gasteiger partial charge in [-0.15, -0.1) is 0 Å². The van der Waals surface area contributed by atoms with Crippen LogP contribution in [0.1, 0.15) is 15.9 Å². The molecule has 3 aromatic rings. The Morgan fingerprint density at radius 3 is 2.71 bits per heavy atom. The molecule has 0 radical (unpaired) electrons. The largest absolute Gasteiger partial charge is 0.488 e. The van der Waals surface area contributed by atoms with Gasteiger partial charge in [0.05, 0.1) is 5.56 Å². The van der Waals surface area contributed by atoms with Crippen LogP contribution in [0.2, 0.25) is 5.15 Å². The number of ether oxygens (including phenoxy) is 1. The van der Waals surface area contributed by atoms with Crippen molar-refractivity contribution in [2.75, 3.05) is 0 Å². The van der Waals surface area contributed by atoms with E-state index in [2.05, 4.69) is 4.98 Å². The number of hydrogen-bond donors (Lipinski definition) is 0. The van der Waals surface area contributed by atoms with Gasteiger partial charge in [-0.3, -0.25) is 4.79 Å². The number of nitrogens with zero attached hydrogens (tertiary/aromatic N) is 1. The highest BCUT2D eigenvalue weighted by atomic mass is 35.5. The van der Waals surface area contributed by atoms with E-state index in [1.54, 1.807) is 12.3 Å². The first-order valence-corrected chi connectivity index (χ1v) is 6.86. The van der Waals surface area contributed by atoms with Gasteiger partial charge in [0.1, 0.15) is 17.5 Å². The minimum absolute atomic E-state index is 0.337. The van der Waals surface area contributed by atoms with Crippen molar-refractivity contribution >= 4 is 28.7 Å². The second-order valence-electron chi connectivity index (χ2n) is 4.59. The van der Waals surface area contributed by atoms with E-state index in [-0.39, 0.29) is 0 Å². The normalized spacial score (nSPS) is 10.5. The van der Waals surface area contributed by atoms with Crippen molar-refractivity contribution in [3.8, 4) is 5.75 Å². The molecule has 0 atom stereocenters. The summed E-state index contributed by atoms with van der Waals surface area (Å²) in [5.74, 6) is 0.568. The molecule has 0 bridgehead atoms. The molecule has 2 aromatic carbocycles. The Hall–Kier alpha value is -2.39. The molecular formula is C17H12ClNO2. The lowest BCUT2D eigenvalue weighted by Gasteiger charge is -2.10. The highest BCUT2D eigenvalue weighted by molar-refractivity contribution is 6.29. The van der Waals surface area contributed by atoms with Gasteiger partial charge < -0.3 is 4.74 Å². The molecule has 4 heteroatoms. The summed E-state index contributed by atoms with van der Waals surface area (Å²) < 4.78 is 5.75. The van der Waals surface area contributed by atoms with Crippen LogP contribution in [0.3, 0.4) is 0 Å². The lowest BCUT2D eigenvalue weighted by atomic mass is 10.0. The molecule has 0 aliphatic heterocycles. The number of pyridine rings is 1. The molecule has 3 rings (SSSR count). The van der Waals surface area contributed by atoms with Crippen molar-refractivity contribution in [3.05, 3.63) is 71.0 Å². The first kappa shape index (κ1) is 13.6. The van der Waals surface area contributed by atoms with Crippen LogP contribution in [0.4, 0.5) is 0 Å². The molecule has 0 N–H and O–H groups in total. The number of carbonyl (C=O) groups excluding carboxylic acids is 1. The maximum absolute atomic E-state index is 11.4. The molecule has 1 aromatic heterocycles. The van der Waals surface area contributed by atoms with E-state index in [1.165, 1.54) is 0 Å². The summed E-state index contributed by atoms with van der Waals surface area (Å²) in [5.41, 5.74) is 1.46. The van der Waals surface area contributed by atoms with E-state index >= 15 is 0 Å². The summed E-state index contributed by atoms with van der Waals surface area (Å²) in [5, 5.41) is 2.34. The van der Waals surface area contributed by atoms with Crippen molar-refractivity contribution in [3.63, 3.8) is 0 Å². The van der Waals surface area contributed by atoms with Gasteiger partial charge >= 0.3 is 0 Å². The topological polar surface area (TPSA) is 39.2 Å². The van der Waals surface area contributed by atoms with Crippen LogP contribution in [0.5, 0.6) is 5.75 Å². The molecular weight excluding hydrogens is 286 g/mol. The third kappa shape index (κ3) is 2.88. The van der Waals surface area contributed by atoms with Crippen LogP contribution < -0.4 is 4.74 Å². The van der Waals surface area contributed by atoms with Crippen LogP contribution in [0.15, 0.2) is 54.7 Å².